The summed E-state index contributed by atoms with van der Waals surface area (Å²) in [7, 11) is 0. The van der Waals surface area contributed by atoms with E-state index in [1.807, 2.05) is 0 Å². The van der Waals surface area contributed by atoms with Crippen LogP contribution in [0.3, 0.4) is 0 Å². The maximum atomic E-state index is 12.5. The molecule has 0 heterocycles. The first kappa shape index (κ1) is 11.2. The average Bonchev–Trinajstić information content (AvgIpc) is 2.22. The minimum Gasteiger partial charge on any atom is -0.347 e. The van der Waals surface area contributed by atoms with Crippen molar-refractivity contribution in [3.05, 3.63) is 30.1 Å². The highest BCUT2D eigenvalue weighted by Crippen LogP contribution is 2.08. The Kier molecular flexibility index (Phi) is 3.79. The van der Waals surface area contributed by atoms with Crippen LogP contribution in [-0.4, -0.2) is 18.4 Å². The summed E-state index contributed by atoms with van der Waals surface area (Å²) in [4.78, 5) is 21.4. The lowest BCUT2D eigenvalue weighted by molar-refractivity contribution is -0.120. The number of halogens is 1. The van der Waals surface area contributed by atoms with Crippen LogP contribution in [0.1, 0.15) is 6.92 Å². The molecular weight excluding hydrogens is 199 g/mol. The van der Waals surface area contributed by atoms with Crippen molar-refractivity contribution < 1.29 is 14.0 Å². The predicted octanol–water partition coefficient (Wildman–Crippen LogP) is 0.899. The van der Waals surface area contributed by atoms with E-state index in [1.54, 1.807) is 6.92 Å². The largest absolute Gasteiger partial charge is 0.347 e. The summed E-state index contributed by atoms with van der Waals surface area (Å²) in [5.74, 6) is -0.722. The molecule has 15 heavy (non-hydrogen) atoms. The molecule has 0 radical (unpaired) electrons. The summed E-state index contributed by atoms with van der Waals surface area (Å²) in [6.45, 7) is 1.55. The topological polar surface area (TPSA) is 58.2 Å². The van der Waals surface area contributed by atoms with Gasteiger partial charge in [-0.05, 0) is 31.2 Å². The molecule has 4 nitrogen and oxygen atoms in total. The normalized spacial score (nSPS) is 11.6. The highest BCUT2D eigenvalue weighted by atomic mass is 19.1. The summed E-state index contributed by atoms with van der Waals surface area (Å²) >= 11 is 0. The first-order chi connectivity index (χ1) is 7.13. The highest BCUT2D eigenvalue weighted by Gasteiger charge is 2.10. The molecule has 0 aliphatic carbocycles. The van der Waals surface area contributed by atoms with E-state index in [4.69, 9.17) is 0 Å². The number of amides is 2. The van der Waals surface area contributed by atoms with Gasteiger partial charge in [-0.2, -0.15) is 0 Å². The molecule has 1 aromatic carbocycles. The number of benzene rings is 1. The Hall–Kier alpha value is -1.91. The van der Waals surface area contributed by atoms with E-state index in [0.717, 1.165) is 0 Å². The van der Waals surface area contributed by atoms with Gasteiger partial charge < -0.3 is 10.6 Å². The number of carbonyl (C=O) groups excluding carboxylic acids is 2. The quantitative estimate of drug-likeness (QED) is 0.725. The molecule has 0 bridgehead atoms. The van der Waals surface area contributed by atoms with Crippen LogP contribution in [0, 0.1) is 5.82 Å². The van der Waals surface area contributed by atoms with Crippen molar-refractivity contribution in [1.82, 2.24) is 5.32 Å². The van der Waals surface area contributed by atoms with Crippen LogP contribution in [-0.2, 0) is 9.59 Å². The van der Waals surface area contributed by atoms with Gasteiger partial charge in [0.2, 0.25) is 12.3 Å². The van der Waals surface area contributed by atoms with Crippen molar-refractivity contribution in [1.29, 1.82) is 0 Å². The van der Waals surface area contributed by atoms with Gasteiger partial charge in [-0.25, -0.2) is 4.39 Å². The second kappa shape index (κ2) is 5.09. The average molecular weight is 210 g/mol. The molecule has 2 amide bonds. The van der Waals surface area contributed by atoms with Crippen LogP contribution in [0.15, 0.2) is 24.3 Å². The minimum absolute atomic E-state index is 0.353. The first-order valence-electron chi connectivity index (χ1n) is 4.39. The van der Waals surface area contributed by atoms with E-state index in [1.165, 1.54) is 24.3 Å². The van der Waals surface area contributed by atoms with E-state index in [2.05, 4.69) is 10.6 Å². The van der Waals surface area contributed by atoms with Crippen LogP contribution in [0.2, 0.25) is 0 Å². The van der Waals surface area contributed by atoms with Crippen LogP contribution < -0.4 is 10.6 Å². The van der Waals surface area contributed by atoms with Crippen LogP contribution >= 0.6 is 0 Å². The molecule has 5 heteroatoms. The van der Waals surface area contributed by atoms with Crippen molar-refractivity contribution in [2.45, 2.75) is 13.0 Å². The Labute approximate surface area is 86.5 Å². The number of anilines is 1. The number of nitrogens with one attached hydrogen (secondary N) is 2. The van der Waals surface area contributed by atoms with Crippen molar-refractivity contribution >= 4 is 18.0 Å². The SMILES string of the molecule is C[C@H](NC=O)C(=O)Nc1ccc(F)cc1. The third kappa shape index (κ3) is 3.38. The number of hydrogen-bond donors (Lipinski definition) is 2. The Morgan fingerprint density at radius 2 is 2.00 bits per heavy atom. The fraction of sp³-hybridized carbons (Fsp3) is 0.200. The van der Waals surface area contributed by atoms with Gasteiger partial charge in [-0.15, -0.1) is 0 Å². The van der Waals surface area contributed by atoms with E-state index >= 15 is 0 Å². The molecule has 0 aliphatic heterocycles. The molecule has 2 N–H and O–H groups in total. The molecule has 1 atom stereocenters. The minimum atomic E-state index is -0.618. The third-order valence-corrected chi connectivity index (χ3v) is 1.82. The van der Waals surface area contributed by atoms with Gasteiger partial charge in [0.25, 0.3) is 0 Å². The van der Waals surface area contributed by atoms with E-state index in [0.29, 0.717) is 12.1 Å². The zero-order valence-corrected chi connectivity index (χ0v) is 8.16. The van der Waals surface area contributed by atoms with Crippen molar-refractivity contribution in [3.8, 4) is 0 Å². The smallest absolute Gasteiger partial charge is 0.246 e. The zero-order chi connectivity index (χ0) is 11.3. The van der Waals surface area contributed by atoms with Gasteiger partial charge in [0, 0.05) is 5.69 Å². The van der Waals surface area contributed by atoms with E-state index in [9.17, 15) is 14.0 Å². The molecule has 80 valence electrons. The first-order valence-corrected chi connectivity index (χ1v) is 4.39. The fourth-order valence-electron chi connectivity index (χ4n) is 0.961. The van der Waals surface area contributed by atoms with Gasteiger partial charge in [0.15, 0.2) is 0 Å². The zero-order valence-electron chi connectivity index (χ0n) is 8.16. The van der Waals surface area contributed by atoms with Crippen LogP contribution in [0.5, 0.6) is 0 Å². The number of carbonyl (C=O) groups is 2. The third-order valence-electron chi connectivity index (χ3n) is 1.82. The van der Waals surface area contributed by atoms with Crippen molar-refractivity contribution in [3.63, 3.8) is 0 Å². The number of hydrogen-bond acceptors (Lipinski definition) is 2. The second-order valence-corrected chi connectivity index (χ2v) is 3.00. The van der Waals surface area contributed by atoms with Crippen LogP contribution in [0.4, 0.5) is 10.1 Å². The molecule has 0 spiro atoms. The summed E-state index contributed by atoms with van der Waals surface area (Å²) < 4.78 is 12.5. The lowest BCUT2D eigenvalue weighted by Crippen LogP contribution is -2.37. The Morgan fingerprint density at radius 1 is 1.40 bits per heavy atom. The summed E-state index contributed by atoms with van der Waals surface area (Å²) in [6.07, 6.45) is 0.453. The molecule has 0 saturated heterocycles. The standard InChI is InChI=1S/C10H11FN2O2/c1-7(12-6-14)10(15)13-9-4-2-8(11)3-5-9/h2-7H,1H3,(H,12,14)(H,13,15)/t7-/m0/s1. The Morgan fingerprint density at radius 3 is 2.53 bits per heavy atom. The van der Waals surface area contributed by atoms with Gasteiger partial charge in [0.1, 0.15) is 11.9 Å². The maximum absolute atomic E-state index is 12.5. The van der Waals surface area contributed by atoms with Crippen molar-refractivity contribution in [2.75, 3.05) is 5.32 Å². The van der Waals surface area contributed by atoms with Gasteiger partial charge >= 0.3 is 0 Å². The lowest BCUT2D eigenvalue weighted by atomic mass is 10.2. The second-order valence-electron chi connectivity index (χ2n) is 3.00. The molecule has 0 aliphatic rings. The Bertz CT molecular complexity index is 351. The summed E-state index contributed by atoms with van der Waals surface area (Å²) in [6, 6.07) is 4.76. The highest BCUT2D eigenvalue weighted by molar-refractivity contribution is 5.95. The summed E-state index contributed by atoms with van der Waals surface area (Å²) in [5, 5.41) is 4.84. The molecule has 0 fully saturated rings. The molecule has 0 saturated carbocycles. The predicted molar refractivity (Wildman–Crippen MR) is 53.7 cm³/mol. The van der Waals surface area contributed by atoms with Gasteiger partial charge in [0.05, 0.1) is 0 Å². The maximum Gasteiger partial charge on any atom is 0.246 e. The van der Waals surface area contributed by atoms with Crippen LogP contribution in [0.25, 0.3) is 0 Å². The van der Waals surface area contributed by atoms with Crippen molar-refractivity contribution in [2.24, 2.45) is 0 Å². The van der Waals surface area contributed by atoms with E-state index < -0.39 is 6.04 Å². The molecule has 1 aromatic rings. The molecule has 1 rings (SSSR count). The molecule has 0 aromatic heterocycles. The van der Waals surface area contributed by atoms with Gasteiger partial charge in [-0.3, -0.25) is 9.59 Å². The molecule has 0 unspecified atom stereocenters. The molecular formula is C10H11FN2O2. The monoisotopic (exact) mass is 210 g/mol. The Balaban J connectivity index is 2.58. The van der Waals surface area contributed by atoms with Gasteiger partial charge in [-0.1, -0.05) is 0 Å². The number of rotatable bonds is 4. The summed E-state index contributed by atoms with van der Waals surface area (Å²) in [5.41, 5.74) is 0.487. The van der Waals surface area contributed by atoms with E-state index in [-0.39, 0.29) is 11.7 Å². The lowest BCUT2D eigenvalue weighted by Gasteiger charge is -2.10. The fourth-order valence-corrected chi connectivity index (χ4v) is 0.961.